The molecule has 0 aliphatic heterocycles. The van der Waals surface area contributed by atoms with Gasteiger partial charge in [0.15, 0.2) is 6.10 Å². The third-order valence-electron chi connectivity index (χ3n) is 3.18. The summed E-state index contributed by atoms with van der Waals surface area (Å²) in [6.07, 6.45) is 0.631. The van der Waals surface area contributed by atoms with Crippen LogP contribution < -0.4 is 4.74 Å². The van der Waals surface area contributed by atoms with Gasteiger partial charge in [-0.15, -0.1) is 11.3 Å². The molecule has 130 valence electrons. The molecule has 1 atom stereocenters. The quantitative estimate of drug-likeness (QED) is 0.533. The lowest BCUT2D eigenvalue weighted by molar-refractivity contribution is -0.152. The van der Waals surface area contributed by atoms with Gasteiger partial charge in [0.2, 0.25) is 5.89 Å². The van der Waals surface area contributed by atoms with Crippen LogP contribution in [-0.2, 0) is 16.1 Å². The van der Waals surface area contributed by atoms with Crippen LogP contribution in [0.2, 0.25) is 10.0 Å². The van der Waals surface area contributed by atoms with Crippen molar-refractivity contribution in [2.45, 2.75) is 19.6 Å². The standard InChI is InChI=1S/C17H13Cl2NO4S/c1-10(24-14-5-4-11(18)7-13(14)19)17(21)23-9-12-8-22-16(20-12)15-3-2-6-25-15/h2-8,10H,9H2,1H3/t10-/m0/s1. The number of ether oxygens (including phenoxy) is 2. The number of nitrogens with zero attached hydrogens (tertiary/aromatic N) is 1. The van der Waals surface area contributed by atoms with Crippen molar-refractivity contribution in [1.82, 2.24) is 4.98 Å². The second-order valence-corrected chi connectivity index (χ2v) is 6.86. The molecule has 0 N–H and O–H groups in total. The molecule has 0 unspecified atom stereocenters. The second kappa shape index (κ2) is 7.91. The van der Waals surface area contributed by atoms with E-state index in [4.69, 9.17) is 37.1 Å². The van der Waals surface area contributed by atoms with Gasteiger partial charge in [-0.3, -0.25) is 0 Å². The first-order chi connectivity index (χ1) is 12.0. The Labute approximate surface area is 158 Å². The van der Waals surface area contributed by atoms with Crippen LogP contribution in [0.25, 0.3) is 10.8 Å². The SMILES string of the molecule is C[C@H](Oc1ccc(Cl)cc1Cl)C(=O)OCc1coc(-c2cccs2)n1. The first-order valence-corrected chi connectivity index (χ1v) is 8.93. The zero-order valence-electron chi connectivity index (χ0n) is 13.1. The fourth-order valence-electron chi connectivity index (χ4n) is 1.96. The average Bonchev–Trinajstić information content (AvgIpc) is 3.26. The number of benzene rings is 1. The molecule has 25 heavy (non-hydrogen) atoms. The molecule has 8 heteroatoms. The van der Waals surface area contributed by atoms with Gasteiger partial charge in [0.1, 0.15) is 24.3 Å². The summed E-state index contributed by atoms with van der Waals surface area (Å²) in [5.41, 5.74) is 0.522. The molecule has 1 aromatic carbocycles. The van der Waals surface area contributed by atoms with Crippen LogP contribution >= 0.6 is 34.5 Å². The molecule has 2 aromatic heterocycles. The summed E-state index contributed by atoms with van der Waals surface area (Å²) < 4.78 is 16.1. The van der Waals surface area contributed by atoms with E-state index in [1.54, 1.807) is 19.1 Å². The van der Waals surface area contributed by atoms with Crippen molar-refractivity contribution in [1.29, 1.82) is 0 Å². The second-order valence-electron chi connectivity index (χ2n) is 5.06. The van der Waals surface area contributed by atoms with E-state index in [1.807, 2.05) is 17.5 Å². The van der Waals surface area contributed by atoms with Crippen molar-refractivity contribution in [3.63, 3.8) is 0 Å². The fourth-order valence-corrected chi connectivity index (χ4v) is 3.07. The van der Waals surface area contributed by atoms with E-state index in [9.17, 15) is 4.79 Å². The van der Waals surface area contributed by atoms with Gasteiger partial charge < -0.3 is 13.9 Å². The highest BCUT2D eigenvalue weighted by Gasteiger charge is 2.19. The molecule has 0 amide bonds. The van der Waals surface area contributed by atoms with Crippen molar-refractivity contribution in [3.05, 3.63) is 57.7 Å². The topological polar surface area (TPSA) is 61.6 Å². The Balaban J connectivity index is 1.55. The number of aromatic nitrogens is 1. The molecular formula is C17H13Cl2NO4S. The highest BCUT2D eigenvalue weighted by Crippen LogP contribution is 2.28. The van der Waals surface area contributed by atoms with E-state index in [-0.39, 0.29) is 6.61 Å². The van der Waals surface area contributed by atoms with Crippen molar-refractivity contribution < 1.29 is 18.7 Å². The maximum atomic E-state index is 12.1. The molecule has 0 saturated carbocycles. The minimum absolute atomic E-state index is 0.00421. The van der Waals surface area contributed by atoms with E-state index >= 15 is 0 Å². The lowest BCUT2D eigenvalue weighted by atomic mass is 10.3. The van der Waals surface area contributed by atoms with Crippen LogP contribution in [0.3, 0.4) is 0 Å². The van der Waals surface area contributed by atoms with Crippen LogP contribution in [0.5, 0.6) is 5.75 Å². The number of oxazole rings is 1. The first kappa shape index (κ1) is 17.8. The van der Waals surface area contributed by atoms with E-state index in [2.05, 4.69) is 4.98 Å². The molecule has 3 rings (SSSR count). The fraction of sp³-hybridized carbons (Fsp3) is 0.176. The molecule has 0 aliphatic carbocycles. The number of esters is 1. The smallest absolute Gasteiger partial charge is 0.347 e. The van der Waals surface area contributed by atoms with Crippen molar-refractivity contribution >= 4 is 40.5 Å². The van der Waals surface area contributed by atoms with Crippen LogP contribution in [0.4, 0.5) is 0 Å². The summed E-state index contributed by atoms with van der Waals surface area (Å²) in [4.78, 5) is 17.3. The first-order valence-electron chi connectivity index (χ1n) is 7.29. The van der Waals surface area contributed by atoms with Gasteiger partial charge in [-0.25, -0.2) is 9.78 Å². The van der Waals surface area contributed by atoms with Crippen LogP contribution in [0.1, 0.15) is 12.6 Å². The highest BCUT2D eigenvalue weighted by molar-refractivity contribution is 7.13. The number of carbonyl (C=O) groups is 1. The molecule has 0 spiro atoms. The summed E-state index contributed by atoms with van der Waals surface area (Å²) in [5.74, 6) is 0.321. The third kappa shape index (κ3) is 4.54. The molecule has 5 nitrogen and oxygen atoms in total. The van der Waals surface area contributed by atoms with Crippen molar-refractivity contribution in [2.75, 3.05) is 0 Å². The van der Waals surface area contributed by atoms with Crippen molar-refractivity contribution in [3.8, 4) is 16.5 Å². The summed E-state index contributed by atoms with van der Waals surface area (Å²) >= 11 is 13.4. The molecule has 3 aromatic rings. The van der Waals surface area contributed by atoms with E-state index in [0.717, 1.165) is 4.88 Å². The number of thiophene rings is 1. The molecule has 0 radical (unpaired) electrons. The third-order valence-corrected chi connectivity index (χ3v) is 4.56. The Bertz CT molecular complexity index is 863. The Morgan fingerprint density at radius 3 is 2.92 bits per heavy atom. The molecule has 0 saturated heterocycles. The summed E-state index contributed by atoms with van der Waals surface area (Å²) in [5, 5.41) is 2.74. The number of rotatable bonds is 6. The lowest BCUT2D eigenvalue weighted by Gasteiger charge is -2.14. The normalized spacial score (nSPS) is 12.0. The predicted octanol–water partition coefficient (Wildman–Crippen LogP) is 5.22. The van der Waals surface area contributed by atoms with Gasteiger partial charge in [-0.1, -0.05) is 29.3 Å². The number of carbonyl (C=O) groups excluding carboxylic acids is 1. The Morgan fingerprint density at radius 2 is 2.20 bits per heavy atom. The van der Waals surface area contributed by atoms with Gasteiger partial charge >= 0.3 is 5.97 Å². The summed E-state index contributed by atoms with van der Waals surface area (Å²) in [6, 6.07) is 8.57. The maximum absolute atomic E-state index is 12.1. The Kier molecular flexibility index (Phi) is 5.63. The van der Waals surface area contributed by atoms with Crippen LogP contribution in [-0.4, -0.2) is 17.1 Å². The molecule has 0 bridgehead atoms. The number of hydrogen-bond donors (Lipinski definition) is 0. The minimum Gasteiger partial charge on any atom is -0.477 e. The Hall–Kier alpha value is -2.02. The largest absolute Gasteiger partial charge is 0.477 e. The monoisotopic (exact) mass is 397 g/mol. The van der Waals surface area contributed by atoms with Crippen LogP contribution in [0.15, 0.2) is 46.4 Å². The lowest BCUT2D eigenvalue weighted by Crippen LogP contribution is -2.26. The minimum atomic E-state index is -0.831. The van der Waals surface area contributed by atoms with E-state index in [1.165, 1.54) is 23.7 Å². The average molecular weight is 398 g/mol. The van der Waals surface area contributed by atoms with Gasteiger partial charge in [0, 0.05) is 5.02 Å². The molecule has 2 heterocycles. The number of hydrogen-bond acceptors (Lipinski definition) is 6. The van der Waals surface area contributed by atoms with Gasteiger partial charge in [0.25, 0.3) is 0 Å². The van der Waals surface area contributed by atoms with E-state index in [0.29, 0.717) is 27.4 Å². The zero-order chi connectivity index (χ0) is 17.8. The van der Waals surface area contributed by atoms with Gasteiger partial charge in [-0.05, 0) is 36.6 Å². The van der Waals surface area contributed by atoms with E-state index < -0.39 is 12.1 Å². The summed E-state index contributed by atoms with van der Waals surface area (Å²) in [6.45, 7) is 1.57. The molecule has 0 aliphatic rings. The highest BCUT2D eigenvalue weighted by atomic mass is 35.5. The van der Waals surface area contributed by atoms with Crippen LogP contribution in [0, 0.1) is 0 Å². The van der Waals surface area contributed by atoms with Crippen molar-refractivity contribution in [2.24, 2.45) is 0 Å². The maximum Gasteiger partial charge on any atom is 0.347 e. The van der Waals surface area contributed by atoms with Gasteiger partial charge in [0.05, 0.1) is 9.90 Å². The Morgan fingerprint density at radius 1 is 1.36 bits per heavy atom. The zero-order valence-corrected chi connectivity index (χ0v) is 15.4. The number of halogens is 2. The molecule has 0 fully saturated rings. The summed E-state index contributed by atoms with van der Waals surface area (Å²) in [7, 11) is 0. The van der Waals surface area contributed by atoms with Gasteiger partial charge in [-0.2, -0.15) is 0 Å². The molecular weight excluding hydrogens is 385 g/mol. The predicted molar refractivity (Wildman–Crippen MR) is 96.2 cm³/mol.